The summed E-state index contributed by atoms with van der Waals surface area (Å²) in [5.74, 6) is 0.480. The first-order valence-electron chi connectivity index (χ1n) is 8.64. The maximum atomic E-state index is 12.4. The van der Waals surface area contributed by atoms with E-state index in [1.54, 1.807) is 17.7 Å². The average Bonchev–Trinajstić information content (AvgIpc) is 2.55. The van der Waals surface area contributed by atoms with Crippen LogP contribution in [0.1, 0.15) is 55.6 Å². The lowest BCUT2D eigenvalue weighted by atomic mass is 9.98. The predicted octanol–water partition coefficient (Wildman–Crippen LogP) is 1.97. The summed E-state index contributed by atoms with van der Waals surface area (Å²) in [7, 11) is 1.73. The number of likely N-dealkylation sites (tertiary alicyclic amines) is 1. The van der Waals surface area contributed by atoms with E-state index < -0.39 is 0 Å². The van der Waals surface area contributed by atoms with Crippen molar-refractivity contribution >= 4 is 5.91 Å². The number of aromatic nitrogens is 1. The molecular weight excluding hydrogens is 290 g/mol. The molecule has 1 saturated heterocycles. The van der Waals surface area contributed by atoms with Crippen molar-refractivity contribution in [1.29, 1.82) is 0 Å². The lowest BCUT2D eigenvalue weighted by molar-refractivity contribution is 0.0931. The fraction of sp³-hybridized carbons (Fsp3) is 0.667. The molecule has 1 aromatic heterocycles. The summed E-state index contributed by atoms with van der Waals surface area (Å²) in [6.07, 6.45) is 2.32. The van der Waals surface area contributed by atoms with Crippen LogP contribution in [0.25, 0.3) is 0 Å². The molecule has 1 fully saturated rings. The summed E-state index contributed by atoms with van der Waals surface area (Å²) in [5, 5.41) is 2.95. The normalized spacial score (nSPS) is 19.1. The van der Waals surface area contributed by atoms with E-state index in [2.05, 4.69) is 17.1 Å². The molecule has 0 bridgehead atoms. The van der Waals surface area contributed by atoms with Crippen LogP contribution < -0.4 is 10.9 Å². The van der Waals surface area contributed by atoms with Crippen LogP contribution in [0, 0.1) is 5.92 Å². The van der Waals surface area contributed by atoms with Crippen molar-refractivity contribution in [3.63, 3.8) is 0 Å². The van der Waals surface area contributed by atoms with Crippen LogP contribution in [0.5, 0.6) is 0 Å². The molecule has 0 radical (unpaired) electrons. The van der Waals surface area contributed by atoms with E-state index in [1.807, 2.05) is 19.9 Å². The van der Waals surface area contributed by atoms with Crippen molar-refractivity contribution in [1.82, 2.24) is 14.8 Å². The van der Waals surface area contributed by atoms with Crippen LogP contribution in [0.3, 0.4) is 0 Å². The van der Waals surface area contributed by atoms with Gasteiger partial charge in [0.25, 0.3) is 11.5 Å². The topological polar surface area (TPSA) is 54.3 Å². The Morgan fingerprint density at radius 3 is 2.78 bits per heavy atom. The lowest BCUT2D eigenvalue weighted by Gasteiger charge is -2.31. The summed E-state index contributed by atoms with van der Waals surface area (Å²) < 4.78 is 1.58. The fourth-order valence-corrected chi connectivity index (χ4v) is 3.34. The first kappa shape index (κ1) is 17.7. The third-order valence-corrected chi connectivity index (χ3v) is 4.78. The van der Waals surface area contributed by atoms with Gasteiger partial charge in [0.2, 0.25) is 0 Å². The second-order valence-corrected chi connectivity index (χ2v) is 6.80. The monoisotopic (exact) mass is 319 g/mol. The van der Waals surface area contributed by atoms with Crippen LogP contribution >= 0.6 is 0 Å². The number of pyridine rings is 1. The Labute approximate surface area is 138 Å². The van der Waals surface area contributed by atoms with Gasteiger partial charge in [-0.15, -0.1) is 0 Å². The van der Waals surface area contributed by atoms with Crippen LogP contribution in [0.2, 0.25) is 0 Å². The van der Waals surface area contributed by atoms with Crippen molar-refractivity contribution in [2.75, 3.05) is 26.2 Å². The molecule has 0 aliphatic carbocycles. The molecule has 1 amide bonds. The maximum absolute atomic E-state index is 12.4. The first-order valence-corrected chi connectivity index (χ1v) is 8.64. The highest BCUT2D eigenvalue weighted by Gasteiger charge is 2.20. The van der Waals surface area contributed by atoms with Gasteiger partial charge < -0.3 is 14.8 Å². The Hall–Kier alpha value is -1.62. The standard InChI is InChI=1S/C18H29N3O2/c1-5-21-10-6-7-14(12-21)11-19-17(22)15-8-9-16(13(2)3)20(4)18(15)23/h8-9,13-14H,5-7,10-12H2,1-4H3,(H,19,22). The minimum Gasteiger partial charge on any atom is -0.352 e. The zero-order valence-corrected chi connectivity index (χ0v) is 14.8. The molecule has 2 heterocycles. The summed E-state index contributed by atoms with van der Waals surface area (Å²) >= 11 is 0. The number of nitrogens with one attached hydrogen (secondary N) is 1. The van der Waals surface area contributed by atoms with Crippen molar-refractivity contribution < 1.29 is 4.79 Å². The minimum absolute atomic E-state index is 0.215. The van der Waals surface area contributed by atoms with E-state index in [-0.39, 0.29) is 22.9 Å². The number of carbonyl (C=O) groups excluding carboxylic acids is 1. The van der Waals surface area contributed by atoms with Gasteiger partial charge >= 0.3 is 0 Å². The number of amides is 1. The Morgan fingerprint density at radius 1 is 1.39 bits per heavy atom. The van der Waals surface area contributed by atoms with E-state index in [4.69, 9.17) is 0 Å². The largest absolute Gasteiger partial charge is 0.352 e. The molecule has 5 nitrogen and oxygen atoms in total. The number of hydrogen-bond acceptors (Lipinski definition) is 3. The molecule has 0 aromatic carbocycles. The van der Waals surface area contributed by atoms with Gasteiger partial charge in [-0.3, -0.25) is 9.59 Å². The van der Waals surface area contributed by atoms with Crippen molar-refractivity contribution in [2.45, 2.75) is 39.5 Å². The first-order chi connectivity index (χ1) is 10.9. The van der Waals surface area contributed by atoms with E-state index in [1.165, 1.54) is 6.42 Å². The van der Waals surface area contributed by atoms with Crippen LogP contribution in [-0.2, 0) is 7.05 Å². The molecule has 0 spiro atoms. The number of piperidine rings is 1. The van der Waals surface area contributed by atoms with Crippen LogP contribution in [0.4, 0.5) is 0 Å². The molecule has 1 aromatic rings. The van der Waals surface area contributed by atoms with Gasteiger partial charge in [0, 0.05) is 25.8 Å². The van der Waals surface area contributed by atoms with Crippen molar-refractivity contribution in [2.24, 2.45) is 13.0 Å². The number of hydrogen-bond donors (Lipinski definition) is 1. The van der Waals surface area contributed by atoms with E-state index >= 15 is 0 Å². The van der Waals surface area contributed by atoms with Gasteiger partial charge in [-0.1, -0.05) is 20.8 Å². The third kappa shape index (κ3) is 4.22. The molecule has 1 unspecified atom stereocenters. The van der Waals surface area contributed by atoms with Gasteiger partial charge in [0.1, 0.15) is 5.56 Å². The van der Waals surface area contributed by atoms with Gasteiger partial charge in [-0.2, -0.15) is 0 Å². The van der Waals surface area contributed by atoms with Gasteiger partial charge in [0.15, 0.2) is 0 Å². The Balaban J connectivity index is 2.01. The summed E-state index contributed by atoms with van der Waals surface area (Å²) in [5.41, 5.74) is 0.963. The number of nitrogens with zero attached hydrogens (tertiary/aromatic N) is 2. The average molecular weight is 319 g/mol. The highest BCUT2D eigenvalue weighted by molar-refractivity contribution is 5.93. The maximum Gasteiger partial charge on any atom is 0.263 e. The zero-order valence-electron chi connectivity index (χ0n) is 14.8. The predicted molar refractivity (Wildman–Crippen MR) is 92.9 cm³/mol. The second kappa shape index (κ2) is 7.77. The molecule has 128 valence electrons. The molecule has 1 aliphatic heterocycles. The molecule has 23 heavy (non-hydrogen) atoms. The SMILES string of the molecule is CCN1CCCC(CNC(=O)c2ccc(C(C)C)n(C)c2=O)C1. The number of carbonyl (C=O) groups is 1. The molecule has 1 N–H and O–H groups in total. The lowest BCUT2D eigenvalue weighted by Crippen LogP contribution is -2.42. The quantitative estimate of drug-likeness (QED) is 0.903. The fourth-order valence-electron chi connectivity index (χ4n) is 3.34. The Bertz CT molecular complexity index is 607. The highest BCUT2D eigenvalue weighted by Crippen LogP contribution is 2.15. The molecule has 1 atom stereocenters. The molecule has 0 saturated carbocycles. The molecular formula is C18H29N3O2. The van der Waals surface area contributed by atoms with E-state index in [0.717, 1.165) is 31.7 Å². The zero-order chi connectivity index (χ0) is 17.0. The Kier molecular flexibility index (Phi) is 5.99. The highest BCUT2D eigenvalue weighted by atomic mass is 16.2. The van der Waals surface area contributed by atoms with Gasteiger partial charge in [0.05, 0.1) is 0 Å². The van der Waals surface area contributed by atoms with E-state index in [9.17, 15) is 9.59 Å². The summed E-state index contributed by atoms with van der Waals surface area (Å²) in [6, 6.07) is 3.53. The third-order valence-electron chi connectivity index (χ3n) is 4.78. The minimum atomic E-state index is -0.255. The molecule has 2 rings (SSSR count). The molecule has 5 heteroatoms. The summed E-state index contributed by atoms with van der Waals surface area (Å²) in [6.45, 7) is 10.1. The van der Waals surface area contributed by atoms with Crippen LogP contribution in [0.15, 0.2) is 16.9 Å². The second-order valence-electron chi connectivity index (χ2n) is 6.80. The smallest absolute Gasteiger partial charge is 0.263 e. The van der Waals surface area contributed by atoms with Gasteiger partial charge in [-0.05, 0) is 49.9 Å². The van der Waals surface area contributed by atoms with E-state index in [0.29, 0.717) is 12.5 Å². The van der Waals surface area contributed by atoms with Crippen molar-refractivity contribution in [3.05, 3.63) is 33.7 Å². The van der Waals surface area contributed by atoms with Gasteiger partial charge in [-0.25, -0.2) is 0 Å². The Morgan fingerprint density at radius 2 is 2.13 bits per heavy atom. The molecule has 1 aliphatic rings. The van der Waals surface area contributed by atoms with Crippen LogP contribution in [-0.4, -0.2) is 41.6 Å². The number of rotatable bonds is 5. The van der Waals surface area contributed by atoms with Crippen molar-refractivity contribution in [3.8, 4) is 0 Å². The summed E-state index contributed by atoms with van der Waals surface area (Å²) in [4.78, 5) is 27.1.